The highest BCUT2D eigenvalue weighted by Crippen LogP contribution is 2.08. The molecule has 9 heteroatoms. The standard InChI is InChI=1S/C14H15FN4O2S.ClH/c1-18(13(21)9-19-6-7-22-14(19)16)8-12(20)17-11-4-2-10(15)3-5-11;/h2-7,16H,8-9H2,1H3,(H,17,20);1H. The van der Waals surface area contributed by atoms with Crippen molar-refractivity contribution in [3.63, 3.8) is 0 Å². The minimum atomic E-state index is -0.385. The van der Waals surface area contributed by atoms with Crippen LogP contribution < -0.4 is 10.1 Å². The van der Waals surface area contributed by atoms with Crippen LogP contribution in [0, 0.1) is 11.2 Å². The van der Waals surface area contributed by atoms with E-state index >= 15 is 0 Å². The Labute approximate surface area is 142 Å². The molecular weight excluding hydrogens is 343 g/mol. The molecule has 124 valence electrons. The number of benzene rings is 1. The molecule has 0 unspecified atom stereocenters. The number of nitrogens with one attached hydrogen (secondary N) is 2. The van der Waals surface area contributed by atoms with Gasteiger partial charge in [0.2, 0.25) is 11.8 Å². The molecule has 0 saturated heterocycles. The Morgan fingerprint density at radius 1 is 1.35 bits per heavy atom. The van der Waals surface area contributed by atoms with E-state index in [4.69, 9.17) is 5.41 Å². The Hall–Kier alpha value is -2.19. The van der Waals surface area contributed by atoms with Gasteiger partial charge in [0.25, 0.3) is 0 Å². The van der Waals surface area contributed by atoms with E-state index in [0.717, 1.165) is 0 Å². The molecular formula is C14H16ClFN4O2S. The molecule has 2 rings (SSSR count). The number of likely N-dealkylation sites (N-methyl/N-ethyl adjacent to an activating group) is 1. The summed E-state index contributed by atoms with van der Waals surface area (Å²) in [5, 5.41) is 11.9. The van der Waals surface area contributed by atoms with Crippen LogP contribution in [0.4, 0.5) is 10.1 Å². The lowest BCUT2D eigenvalue weighted by Gasteiger charge is -2.17. The fraction of sp³-hybridized carbons (Fsp3) is 0.214. The lowest BCUT2D eigenvalue weighted by molar-refractivity contribution is -0.133. The number of anilines is 1. The third kappa shape index (κ3) is 5.50. The largest absolute Gasteiger partial charge is 0.335 e. The van der Waals surface area contributed by atoms with Gasteiger partial charge in [-0.1, -0.05) is 0 Å². The molecule has 0 aliphatic heterocycles. The number of hydrogen-bond donors (Lipinski definition) is 2. The van der Waals surface area contributed by atoms with Crippen LogP contribution in [0.15, 0.2) is 35.8 Å². The van der Waals surface area contributed by atoms with Crippen LogP contribution in [-0.4, -0.2) is 34.9 Å². The normalized spacial score (nSPS) is 9.83. The summed E-state index contributed by atoms with van der Waals surface area (Å²) >= 11 is 1.22. The number of amides is 2. The van der Waals surface area contributed by atoms with Crippen molar-refractivity contribution in [3.8, 4) is 0 Å². The van der Waals surface area contributed by atoms with E-state index in [2.05, 4.69) is 5.32 Å². The highest BCUT2D eigenvalue weighted by Gasteiger charge is 2.14. The minimum Gasteiger partial charge on any atom is -0.335 e. The Morgan fingerprint density at radius 2 is 2.00 bits per heavy atom. The Morgan fingerprint density at radius 3 is 2.57 bits per heavy atom. The summed E-state index contributed by atoms with van der Waals surface area (Å²) in [6.45, 7) is -0.100. The van der Waals surface area contributed by atoms with Gasteiger partial charge in [-0.05, 0) is 24.3 Å². The van der Waals surface area contributed by atoms with Crippen molar-refractivity contribution in [3.05, 3.63) is 46.5 Å². The molecule has 2 N–H and O–H groups in total. The summed E-state index contributed by atoms with van der Waals surface area (Å²) in [6, 6.07) is 5.38. The maximum Gasteiger partial charge on any atom is 0.243 e. The van der Waals surface area contributed by atoms with Crippen molar-refractivity contribution < 1.29 is 14.0 Å². The summed E-state index contributed by atoms with van der Waals surface area (Å²) in [5.41, 5.74) is 0.466. The molecule has 1 aromatic carbocycles. The van der Waals surface area contributed by atoms with Gasteiger partial charge in [0.05, 0.1) is 6.54 Å². The molecule has 0 aliphatic rings. The number of halogens is 2. The van der Waals surface area contributed by atoms with E-state index in [-0.39, 0.29) is 47.9 Å². The van der Waals surface area contributed by atoms with Crippen LogP contribution in [0.25, 0.3) is 0 Å². The summed E-state index contributed by atoms with van der Waals surface area (Å²) < 4.78 is 14.3. The number of carbonyl (C=O) groups excluding carboxylic acids is 2. The molecule has 0 spiro atoms. The average Bonchev–Trinajstić information content (AvgIpc) is 2.86. The first-order valence-electron chi connectivity index (χ1n) is 6.43. The second kappa shape index (κ2) is 8.44. The molecule has 6 nitrogen and oxygen atoms in total. The number of nitrogens with zero attached hydrogens (tertiary/aromatic N) is 2. The van der Waals surface area contributed by atoms with Crippen molar-refractivity contribution in [1.82, 2.24) is 9.47 Å². The van der Waals surface area contributed by atoms with E-state index in [1.807, 2.05) is 0 Å². The number of hydrogen-bond acceptors (Lipinski definition) is 4. The molecule has 0 bridgehead atoms. The smallest absolute Gasteiger partial charge is 0.243 e. The topological polar surface area (TPSA) is 78.2 Å². The van der Waals surface area contributed by atoms with Crippen molar-refractivity contribution in [2.24, 2.45) is 0 Å². The van der Waals surface area contributed by atoms with Crippen molar-refractivity contribution >= 4 is 41.2 Å². The Balaban J connectivity index is 0.00000264. The molecule has 23 heavy (non-hydrogen) atoms. The van der Waals surface area contributed by atoms with Crippen LogP contribution in [0.1, 0.15) is 0 Å². The fourth-order valence-corrected chi connectivity index (χ4v) is 2.33. The highest BCUT2D eigenvalue weighted by molar-refractivity contribution is 7.06. The summed E-state index contributed by atoms with van der Waals surface area (Å²) in [4.78, 5) is 25.4. The van der Waals surface area contributed by atoms with Crippen LogP contribution >= 0.6 is 23.7 Å². The predicted molar refractivity (Wildman–Crippen MR) is 88.1 cm³/mol. The second-order valence-electron chi connectivity index (χ2n) is 4.64. The maximum absolute atomic E-state index is 12.8. The first kappa shape index (κ1) is 18.9. The van der Waals surface area contributed by atoms with Gasteiger partial charge in [-0.15, -0.1) is 23.7 Å². The van der Waals surface area contributed by atoms with Crippen LogP contribution in [-0.2, 0) is 16.1 Å². The van der Waals surface area contributed by atoms with Crippen LogP contribution in [0.5, 0.6) is 0 Å². The van der Waals surface area contributed by atoms with Crippen molar-refractivity contribution in [2.75, 3.05) is 18.9 Å². The number of thiazole rings is 1. The Kier molecular flexibility index (Phi) is 6.92. The quantitative estimate of drug-likeness (QED) is 0.853. The summed E-state index contributed by atoms with van der Waals surface area (Å²) in [7, 11) is 1.52. The molecule has 0 atom stereocenters. The van der Waals surface area contributed by atoms with Gasteiger partial charge < -0.3 is 14.8 Å². The number of carbonyl (C=O) groups is 2. The van der Waals surface area contributed by atoms with Gasteiger partial charge in [0.1, 0.15) is 12.4 Å². The predicted octanol–water partition coefficient (Wildman–Crippen LogP) is 1.69. The third-order valence-electron chi connectivity index (χ3n) is 2.92. The van der Waals surface area contributed by atoms with Gasteiger partial charge >= 0.3 is 0 Å². The lowest BCUT2D eigenvalue weighted by Crippen LogP contribution is -2.37. The van der Waals surface area contributed by atoms with Gasteiger partial charge in [-0.25, -0.2) is 4.39 Å². The molecule has 0 fully saturated rings. The second-order valence-corrected chi connectivity index (χ2v) is 5.54. The van der Waals surface area contributed by atoms with Gasteiger partial charge in [0, 0.05) is 24.3 Å². The van der Waals surface area contributed by atoms with Gasteiger partial charge in [0.15, 0.2) is 4.80 Å². The van der Waals surface area contributed by atoms with E-state index in [1.165, 1.54) is 52.1 Å². The molecule has 0 radical (unpaired) electrons. The van der Waals surface area contributed by atoms with Gasteiger partial charge in [-0.2, -0.15) is 0 Å². The zero-order valence-electron chi connectivity index (χ0n) is 12.3. The number of aromatic nitrogens is 1. The molecule has 1 aromatic heterocycles. The highest BCUT2D eigenvalue weighted by atomic mass is 35.5. The van der Waals surface area contributed by atoms with E-state index in [0.29, 0.717) is 5.69 Å². The monoisotopic (exact) mass is 358 g/mol. The van der Waals surface area contributed by atoms with E-state index < -0.39 is 0 Å². The molecule has 2 aromatic rings. The first-order valence-corrected chi connectivity index (χ1v) is 7.31. The third-order valence-corrected chi connectivity index (χ3v) is 3.64. The van der Waals surface area contributed by atoms with E-state index in [1.54, 1.807) is 11.6 Å². The Bertz CT molecular complexity index is 729. The molecule has 1 heterocycles. The average molecular weight is 359 g/mol. The lowest BCUT2D eigenvalue weighted by atomic mass is 10.3. The van der Waals surface area contributed by atoms with E-state index in [9.17, 15) is 14.0 Å². The summed E-state index contributed by atoms with van der Waals surface area (Å²) in [5.74, 6) is -1.03. The number of rotatable bonds is 5. The maximum atomic E-state index is 12.8. The fourth-order valence-electron chi connectivity index (χ4n) is 1.73. The first-order chi connectivity index (χ1) is 10.5. The van der Waals surface area contributed by atoms with Crippen LogP contribution in [0.2, 0.25) is 0 Å². The zero-order valence-corrected chi connectivity index (χ0v) is 13.9. The molecule has 0 aliphatic carbocycles. The zero-order chi connectivity index (χ0) is 16.1. The molecule has 2 amide bonds. The van der Waals surface area contributed by atoms with Crippen molar-refractivity contribution in [1.29, 1.82) is 5.41 Å². The minimum absolute atomic E-state index is 0. The SMILES string of the molecule is CN(CC(=O)Nc1ccc(F)cc1)C(=O)Cn1ccsc1=N.Cl. The molecule has 0 saturated carbocycles. The summed E-state index contributed by atoms with van der Waals surface area (Å²) in [6.07, 6.45) is 1.65. The van der Waals surface area contributed by atoms with Crippen molar-refractivity contribution in [2.45, 2.75) is 6.54 Å². The van der Waals surface area contributed by atoms with Crippen LogP contribution in [0.3, 0.4) is 0 Å². The van der Waals surface area contributed by atoms with Gasteiger partial charge in [-0.3, -0.25) is 15.0 Å².